The summed E-state index contributed by atoms with van der Waals surface area (Å²) in [6, 6.07) is 4.78. The molecule has 1 aliphatic rings. The van der Waals surface area contributed by atoms with Gasteiger partial charge in [0.1, 0.15) is 0 Å². The van der Waals surface area contributed by atoms with E-state index in [-0.39, 0.29) is 5.69 Å². The Morgan fingerprint density at radius 3 is 3.06 bits per heavy atom. The van der Waals surface area contributed by atoms with Gasteiger partial charge in [-0.15, -0.1) is 0 Å². The second-order valence-electron chi connectivity index (χ2n) is 3.97. The zero-order chi connectivity index (χ0) is 12.3. The van der Waals surface area contributed by atoms with E-state index >= 15 is 0 Å². The quantitative estimate of drug-likeness (QED) is 0.662. The summed E-state index contributed by atoms with van der Waals surface area (Å²) in [6.07, 6.45) is 0.965. The third-order valence-electron chi connectivity index (χ3n) is 2.75. The molecule has 6 heteroatoms. The SMILES string of the molecule is O=[N+]([O-])c1ccc(Cl)c(CNC2CCOC2)c1. The highest BCUT2D eigenvalue weighted by Crippen LogP contribution is 2.22. The molecule has 1 heterocycles. The van der Waals surface area contributed by atoms with Gasteiger partial charge in [-0.2, -0.15) is 0 Å². The summed E-state index contributed by atoms with van der Waals surface area (Å²) in [7, 11) is 0. The second-order valence-corrected chi connectivity index (χ2v) is 4.38. The molecule has 1 aromatic rings. The molecule has 1 aromatic carbocycles. The van der Waals surface area contributed by atoms with E-state index in [0.29, 0.717) is 24.2 Å². The average Bonchev–Trinajstić information content (AvgIpc) is 2.80. The van der Waals surface area contributed by atoms with Crippen molar-refractivity contribution in [3.8, 4) is 0 Å². The van der Waals surface area contributed by atoms with E-state index in [1.807, 2.05) is 0 Å². The normalized spacial score (nSPS) is 19.5. The lowest BCUT2D eigenvalue weighted by Crippen LogP contribution is -2.28. The average molecular weight is 257 g/mol. The van der Waals surface area contributed by atoms with Gasteiger partial charge >= 0.3 is 0 Å². The molecule has 2 rings (SSSR count). The number of hydrogen-bond acceptors (Lipinski definition) is 4. The van der Waals surface area contributed by atoms with Gasteiger partial charge in [0.25, 0.3) is 5.69 Å². The Balaban J connectivity index is 2.03. The first-order valence-corrected chi connectivity index (χ1v) is 5.78. The van der Waals surface area contributed by atoms with Gasteiger partial charge in [0.05, 0.1) is 11.5 Å². The van der Waals surface area contributed by atoms with Crippen LogP contribution in [0.15, 0.2) is 18.2 Å². The molecule has 0 aliphatic carbocycles. The van der Waals surface area contributed by atoms with Crippen LogP contribution in [0.2, 0.25) is 5.02 Å². The minimum absolute atomic E-state index is 0.0638. The van der Waals surface area contributed by atoms with E-state index in [2.05, 4.69) is 5.32 Å². The van der Waals surface area contributed by atoms with Crippen molar-refractivity contribution in [1.82, 2.24) is 5.32 Å². The van der Waals surface area contributed by atoms with Gasteiger partial charge < -0.3 is 10.1 Å². The Morgan fingerprint density at radius 2 is 2.41 bits per heavy atom. The summed E-state index contributed by atoms with van der Waals surface area (Å²) >= 11 is 5.99. The molecule has 1 saturated heterocycles. The van der Waals surface area contributed by atoms with Gasteiger partial charge in [0.2, 0.25) is 0 Å². The van der Waals surface area contributed by atoms with Crippen LogP contribution in [0.5, 0.6) is 0 Å². The first-order chi connectivity index (χ1) is 8.16. The van der Waals surface area contributed by atoms with Gasteiger partial charge in [-0.25, -0.2) is 0 Å². The predicted octanol–water partition coefficient (Wildman–Crippen LogP) is 2.13. The summed E-state index contributed by atoms with van der Waals surface area (Å²) in [5.74, 6) is 0. The fourth-order valence-electron chi connectivity index (χ4n) is 1.76. The van der Waals surface area contributed by atoms with Crippen LogP contribution in [0.1, 0.15) is 12.0 Å². The Kier molecular flexibility index (Phi) is 3.93. The van der Waals surface area contributed by atoms with Crippen LogP contribution in [-0.4, -0.2) is 24.2 Å². The Labute approximate surface area is 104 Å². The van der Waals surface area contributed by atoms with Gasteiger partial charge in [0.15, 0.2) is 0 Å². The monoisotopic (exact) mass is 256 g/mol. The minimum Gasteiger partial charge on any atom is -0.380 e. The number of hydrogen-bond donors (Lipinski definition) is 1. The minimum atomic E-state index is -0.418. The summed E-state index contributed by atoms with van der Waals surface area (Å²) in [4.78, 5) is 10.2. The van der Waals surface area contributed by atoms with Crippen molar-refractivity contribution in [2.24, 2.45) is 0 Å². The molecular weight excluding hydrogens is 244 g/mol. The third kappa shape index (κ3) is 3.15. The Bertz CT molecular complexity index is 419. The number of benzene rings is 1. The highest BCUT2D eigenvalue weighted by Gasteiger charge is 2.16. The van der Waals surface area contributed by atoms with Crippen molar-refractivity contribution in [2.75, 3.05) is 13.2 Å². The maximum absolute atomic E-state index is 10.6. The molecule has 1 aliphatic heterocycles. The number of non-ortho nitro benzene ring substituents is 1. The molecule has 0 spiro atoms. The summed E-state index contributed by atoms with van der Waals surface area (Å²) in [5.41, 5.74) is 0.807. The van der Waals surface area contributed by atoms with E-state index in [0.717, 1.165) is 18.6 Å². The third-order valence-corrected chi connectivity index (χ3v) is 3.12. The van der Waals surface area contributed by atoms with Crippen molar-refractivity contribution >= 4 is 17.3 Å². The van der Waals surface area contributed by atoms with Crippen molar-refractivity contribution < 1.29 is 9.66 Å². The summed E-state index contributed by atoms with van der Waals surface area (Å²) in [5, 5.41) is 14.5. The molecule has 0 bridgehead atoms. The predicted molar refractivity (Wildman–Crippen MR) is 64.2 cm³/mol. The number of nitrogens with zero attached hydrogens (tertiary/aromatic N) is 1. The van der Waals surface area contributed by atoms with E-state index in [1.54, 1.807) is 6.07 Å². The van der Waals surface area contributed by atoms with Crippen LogP contribution in [0, 0.1) is 10.1 Å². The highest BCUT2D eigenvalue weighted by molar-refractivity contribution is 6.31. The maximum Gasteiger partial charge on any atom is 0.269 e. The molecule has 0 amide bonds. The highest BCUT2D eigenvalue weighted by atomic mass is 35.5. The molecule has 0 radical (unpaired) electrons. The van der Waals surface area contributed by atoms with Crippen molar-refractivity contribution in [3.05, 3.63) is 38.9 Å². The number of nitro benzene ring substituents is 1. The van der Waals surface area contributed by atoms with Crippen molar-refractivity contribution in [2.45, 2.75) is 19.0 Å². The zero-order valence-corrected chi connectivity index (χ0v) is 9.94. The second kappa shape index (κ2) is 5.44. The van der Waals surface area contributed by atoms with Crippen LogP contribution in [-0.2, 0) is 11.3 Å². The zero-order valence-electron chi connectivity index (χ0n) is 9.19. The number of nitro groups is 1. The van der Waals surface area contributed by atoms with Crippen LogP contribution in [0.3, 0.4) is 0 Å². The molecular formula is C11H13ClN2O3. The number of halogens is 1. The Morgan fingerprint density at radius 1 is 1.59 bits per heavy atom. The molecule has 1 N–H and O–H groups in total. The lowest BCUT2D eigenvalue weighted by molar-refractivity contribution is -0.384. The molecule has 5 nitrogen and oxygen atoms in total. The van der Waals surface area contributed by atoms with E-state index < -0.39 is 4.92 Å². The number of ether oxygens (including phenoxy) is 1. The summed E-state index contributed by atoms with van der Waals surface area (Å²) in [6.45, 7) is 1.97. The van der Waals surface area contributed by atoms with Crippen molar-refractivity contribution in [1.29, 1.82) is 0 Å². The van der Waals surface area contributed by atoms with Crippen LogP contribution in [0.4, 0.5) is 5.69 Å². The molecule has 0 saturated carbocycles. The van der Waals surface area contributed by atoms with Gasteiger partial charge in [0, 0.05) is 36.3 Å². The fraction of sp³-hybridized carbons (Fsp3) is 0.455. The van der Waals surface area contributed by atoms with Crippen LogP contribution in [0.25, 0.3) is 0 Å². The molecule has 1 atom stereocenters. The van der Waals surface area contributed by atoms with Crippen LogP contribution >= 0.6 is 11.6 Å². The molecule has 92 valence electrons. The topological polar surface area (TPSA) is 64.4 Å². The van der Waals surface area contributed by atoms with E-state index in [4.69, 9.17) is 16.3 Å². The van der Waals surface area contributed by atoms with Crippen LogP contribution < -0.4 is 5.32 Å². The number of nitrogens with one attached hydrogen (secondary N) is 1. The molecule has 1 unspecified atom stereocenters. The standard InChI is InChI=1S/C11H13ClN2O3/c12-11-2-1-10(14(15)16)5-8(11)6-13-9-3-4-17-7-9/h1-2,5,9,13H,3-4,6-7H2. The molecule has 17 heavy (non-hydrogen) atoms. The van der Waals surface area contributed by atoms with E-state index in [1.165, 1.54) is 12.1 Å². The molecule has 0 aromatic heterocycles. The van der Waals surface area contributed by atoms with Gasteiger partial charge in [-0.05, 0) is 18.1 Å². The van der Waals surface area contributed by atoms with E-state index in [9.17, 15) is 10.1 Å². The Hall–Kier alpha value is -1.17. The largest absolute Gasteiger partial charge is 0.380 e. The van der Waals surface area contributed by atoms with Gasteiger partial charge in [-0.1, -0.05) is 11.6 Å². The fourth-order valence-corrected chi connectivity index (χ4v) is 1.94. The summed E-state index contributed by atoms with van der Waals surface area (Å²) < 4.78 is 5.23. The first kappa shape index (κ1) is 12.3. The smallest absolute Gasteiger partial charge is 0.269 e. The molecule has 1 fully saturated rings. The lowest BCUT2D eigenvalue weighted by atomic mass is 10.2. The number of rotatable bonds is 4. The maximum atomic E-state index is 10.6. The van der Waals surface area contributed by atoms with Crippen molar-refractivity contribution in [3.63, 3.8) is 0 Å². The van der Waals surface area contributed by atoms with Gasteiger partial charge in [-0.3, -0.25) is 10.1 Å². The lowest BCUT2D eigenvalue weighted by Gasteiger charge is -2.11. The first-order valence-electron chi connectivity index (χ1n) is 5.41.